The molecular formula is C19H26N6O2. The van der Waals surface area contributed by atoms with Gasteiger partial charge in [-0.2, -0.15) is 5.10 Å². The molecule has 3 rings (SSSR count). The molecule has 3 amide bonds. The third kappa shape index (κ3) is 4.64. The molecule has 1 saturated heterocycles. The molecule has 1 aliphatic rings. The van der Waals surface area contributed by atoms with Crippen molar-refractivity contribution in [1.82, 2.24) is 25.0 Å². The van der Waals surface area contributed by atoms with Crippen molar-refractivity contribution < 1.29 is 9.59 Å². The van der Waals surface area contributed by atoms with Crippen molar-refractivity contribution in [1.29, 1.82) is 0 Å². The summed E-state index contributed by atoms with van der Waals surface area (Å²) in [6, 6.07) is 7.27. The zero-order valence-corrected chi connectivity index (χ0v) is 16.0. The second-order valence-corrected chi connectivity index (χ2v) is 7.12. The van der Waals surface area contributed by atoms with Gasteiger partial charge in [0.05, 0.1) is 6.42 Å². The Bertz CT molecular complexity index is 816. The van der Waals surface area contributed by atoms with E-state index in [4.69, 9.17) is 0 Å². The molecule has 8 heteroatoms. The van der Waals surface area contributed by atoms with Crippen LogP contribution in [-0.2, 0) is 11.2 Å². The molecule has 1 aliphatic heterocycles. The van der Waals surface area contributed by atoms with Gasteiger partial charge in [-0.25, -0.2) is 9.78 Å². The van der Waals surface area contributed by atoms with Gasteiger partial charge >= 0.3 is 6.03 Å². The minimum atomic E-state index is -0.156. The molecule has 2 heterocycles. The highest BCUT2D eigenvalue weighted by atomic mass is 16.2. The van der Waals surface area contributed by atoms with Crippen molar-refractivity contribution in [3.05, 3.63) is 41.5 Å². The third-order valence-corrected chi connectivity index (χ3v) is 4.79. The molecule has 0 spiro atoms. The first kappa shape index (κ1) is 18.9. The first-order chi connectivity index (χ1) is 12.9. The summed E-state index contributed by atoms with van der Waals surface area (Å²) in [5.74, 6) is 1.68. The van der Waals surface area contributed by atoms with E-state index in [9.17, 15) is 9.59 Å². The van der Waals surface area contributed by atoms with Gasteiger partial charge in [0.1, 0.15) is 5.82 Å². The van der Waals surface area contributed by atoms with Gasteiger partial charge in [0.2, 0.25) is 5.91 Å². The van der Waals surface area contributed by atoms with Crippen molar-refractivity contribution >= 4 is 17.6 Å². The minimum absolute atomic E-state index is 0.00490. The Labute approximate surface area is 159 Å². The number of hydrogen-bond acceptors (Lipinski definition) is 4. The quantitative estimate of drug-likeness (QED) is 0.862. The number of urea groups is 1. The Balaban J connectivity index is 1.67. The maximum atomic E-state index is 12.8. The summed E-state index contributed by atoms with van der Waals surface area (Å²) < 4.78 is 0. The van der Waals surface area contributed by atoms with Crippen LogP contribution in [0, 0.1) is 6.92 Å². The van der Waals surface area contributed by atoms with Gasteiger partial charge in [-0.15, -0.1) is 0 Å². The number of carbonyl (C=O) groups excluding carboxylic acids is 2. The molecule has 0 saturated carbocycles. The number of amides is 3. The van der Waals surface area contributed by atoms with Gasteiger partial charge in [0, 0.05) is 38.8 Å². The lowest BCUT2D eigenvalue weighted by Gasteiger charge is -2.31. The van der Waals surface area contributed by atoms with Gasteiger partial charge in [-0.05, 0) is 31.4 Å². The number of aromatic nitrogens is 3. The molecule has 27 heavy (non-hydrogen) atoms. The van der Waals surface area contributed by atoms with Gasteiger partial charge < -0.3 is 15.1 Å². The Morgan fingerprint density at radius 1 is 1.33 bits per heavy atom. The minimum Gasteiger partial charge on any atom is -0.349 e. The van der Waals surface area contributed by atoms with E-state index in [0.29, 0.717) is 18.8 Å². The number of carbonyl (C=O) groups is 2. The van der Waals surface area contributed by atoms with E-state index in [1.54, 1.807) is 23.9 Å². The van der Waals surface area contributed by atoms with Crippen LogP contribution in [0.5, 0.6) is 0 Å². The summed E-state index contributed by atoms with van der Waals surface area (Å²) in [5, 5.41) is 10.1. The number of nitrogens with one attached hydrogen (secondary N) is 2. The van der Waals surface area contributed by atoms with Crippen molar-refractivity contribution in [2.75, 3.05) is 32.5 Å². The highest BCUT2D eigenvalue weighted by molar-refractivity contribution is 5.91. The van der Waals surface area contributed by atoms with Gasteiger partial charge in [-0.1, -0.05) is 18.2 Å². The van der Waals surface area contributed by atoms with E-state index in [-0.39, 0.29) is 24.3 Å². The van der Waals surface area contributed by atoms with Gasteiger partial charge in [0.25, 0.3) is 0 Å². The van der Waals surface area contributed by atoms with E-state index < -0.39 is 0 Å². The number of hydrogen-bond donors (Lipinski definition) is 2. The number of benzene rings is 1. The molecule has 0 aliphatic carbocycles. The lowest BCUT2D eigenvalue weighted by atomic mass is 9.97. The number of likely N-dealkylation sites (tertiary alicyclic amines) is 1. The van der Waals surface area contributed by atoms with Crippen molar-refractivity contribution in [2.45, 2.75) is 32.1 Å². The average Bonchev–Trinajstić information content (AvgIpc) is 3.09. The summed E-state index contributed by atoms with van der Waals surface area (Å²) in [5.41, 5.74) is 1.48. The molecule has 1 aromatic carbocycles. The molecule has 0 bridgehead atoms. The zero-order valence-electron chi connectivity index (χ0n) is 16.0. The smallest absolute Gasteiger partial charge is 0.321 e. The van der Waals surface area contributed by atoms with Crippen LogP contribution in [0.25, 0.3) is 0 Å². The molecule has 144 valence electrons. The normalized spacial score (nSPS) is 16.9. The van der Waals surface area contributed by atoms with E-state index >= 15 is 0 Å². The fourth-order valence-corrected chi connectivity index (χ4v) is 3.23. The van der Waals surface area contributed by atoms with Crippen LogP contribution in [0.15, 0.2) is 24.3 Å². The van der Waals surface area contributed by atoms with E-state index in [0.717, 1.165) is 30.1 Å². The Morgan fingerprint density at radius 2 is 2.11 bits per heavy atom. The molecule has 2 aromatic rings. The summed E-state index contributed by atoms with van der Waals surface area (Å²) in [4.78, 5) is 32.6. The fraction of sp³-hybridized carbons (Fsp3) is 0.474. The summed E-state index contributed by atoms with van der Waals surface area (Å²) in [7, 11) is 3.45. The number of para-hydroxylation sites is 1. The molecule has 0 radical (unpaired) electrons. The largest absolute Gasteiger partial charge is 0.349 e. The predicted octanol–water partition coefficient (Wildman–Crippen LogP) is 2.16. The number of nitrogens with zero attached hydrogens (tertiary/aromatic N) is 4. The molecule has 1 aromatic heterocycles. The van der Waals surface area contributed by atoms with Crippen LogP contribution in [0.1, 0.15) is 36.0 Å². The van der Waals surface area contributed by atoms with Crippen molar-refractivity contribution in [3.8, 4) is 0 Å². The van der Waals surface area contributed by atoms with Gasteiger partial charge in [0.15, 0.2) is 5.82 Å². The monoisotopic (exact) mass is 370 g/mol. The van der Waals surface area contributed by atoms with E-state index in [1.807, 2.05) is 31.2 Å². The molecular weight excluding hydrogens is 344 g/mol. The number of aryl methyl sites for hydroxylation is 1. The van der Waals surface area contributed by atoms with Crippen LogP contribution in [-0.4, -0.2) is 64.1 Å². The maximum Gasteiger partial charge on any atom is 0.321 e. The number of rotatable bonds is 4. The van der Waals surface area contributed by atoms with Crippen LogP contribution < -0.4 is 5.32 Å². The number of aromatic amines is 1. The molecule has 1 fully saturated rings. The Hall–Kier alpha value is -2.90. The lowest BCUT2D eigenvalue weighted by Crippen LogP contribution is -2.42. The highest BCUT2D eigenvalue weighted by Gasteiger charge is 2.27. The first-order valence-corrected chi connectivity index (χ1v) is 9.17. The van der Waals surface area contributed by atoms with E-state index in [2.05, 4.69) is 20.5 Å². The van der Waals surface area contributed by atoms with Crippen LogP contribution in [0.2, 0.25) is 0 Å². The van der Waals surface area contributed by atoms with Gasteiger partial charge in [-0.3, -0.25) is 9.89 Å². The average molecular weight is 370 g/mol. The summed E-state index contributed by atoms with van der Waals surface area (Å²) in [6.45, 7) is 3.15. The van der Waals surface area contributed by atoms with Crippen LogP contribution in [0.4, 0.5) is 10.5 Å². The summed E-state index contributed by atoms with van der Waals surface area (Å²) >= 11 is 0. The number of H-pyrrole nitrogens is 1. The summed E-state index contributed by atoms with van der Waals surface area (Å²) in [6.07, 6.45) is 2.13. The van der Waals surface area contributed by atoms with E-state index in [1.165, 1.54) is 0 Å². The Kier molecular flexibility index (Phi) is 5.73. The molecule has 1 atom stereocenters. The second kappa shape index (κ2) is 8.20. The maximum absolute atomic E-state index is 12.8. The molecule has 8 nitrogen and oxygen atoms in total. The highest BCUT2D eigenvalue weighted by Crippen LogP contribution is 2.25. The standard InChI is InChI=1S/C19H26N6O2/c1-13-20-18(23-22-13)15-8-6-10-25(12-15)19(27)21-16-9-5-4-7-14(16)11-17(26)24(2)3/h4-5,7,9,15H,6,8,10-12H2,1-3H3,(H,21,27)(H,20,22,23). The molecule has 2 N–H and O–H groups in total. The van der Waals surface area contributed by atoms with Crippen molar-refractivity contribution in [3.63, 3.8) is 0 Å². The lowest BCUT2D eigenvalue weighted by molar-refractivity contribution is -0.127. The third-order valence-electron chi connectivity index (χ3n) is 4.79. The van der Waals surface area contributed by atoms with Crippen LogP contribution in [0.3, 0.4) is 0 Å². The predicted molar refractivity (Wildman–Crippen MR) is 103 cm³/mol. The Morgan fingerprint density at radius 3 is 2.81 bits per heavy atom. The fourth-order valence-electron chi connectivity index (χ4n) is 3.23. The number of likely N-dealkylation sites (N-methyl/N-ethyl adjacent to an activating group) is 1. The topological polar surface area (TPSA) is 94.2 Å². The SMILES string of the molecule is Cc1nc(C2CCCN(C(=O)Nc3ccccc3CC(=O)N(C)C)C2)n[nH]1. The number of anilines is 1. The second-order valence-electron chi connectivity index (χ2n) is 7.12. The van der Waals surface area contributed by atoms with Crippen molar-refractivity contribution in [2.24, 2.45) is 0 Å². The van der Waals surface area contributed by atoms with Crippen LogP contribution >= 0.6 is 0 Å². The number of piperidine rings is 1. The zero-order chi connectivity index (χ0) is 19.4. The molecule has 1 unspecified atom stereocenters. The first-order valence-electron chi connectivity index (χ1n) is 9.17.